The van der Waals surface area contributed by atoms with Gasteiger partial charge >= 0.3 is 0 Å². The first-order valence-corrected chi connectivity index (χ1v) is 10.9. The number of amides is 1. The molecule has 0 aliphatic carbocycles. The highest BCUT2D eigenvalue weighted by atomic mass is 19.1. The number of rotatable bonds is 2. The van der Waals surface area contributed by atoms with E-state index in [-0.39, 0.29) is 23.8 Å². The maximum absolute atomic E-state index is 13.8. The van der Waals surface area contributed by atoms with E-state index in [0.717, 1.165) is 48.0 Å². The van der Waals surface area contributed by atoms with Gasteiger partial charge in [0.2, 0.25) is 0 Å². The molecule has 4 aromatic rings. The Morgan fingerprint density at radius 3 is 2.69 bits per heavy atom. The van der Waals surface area contributed by atoms with Crippen molar-refractivity contribution in [3.05, 3.63) is 65.4 Å². The van der Waals surface area contributed by atoms with Crippen LogP contribution in [-0.4, -0.2) is 41.4 Å². The molecule has 7 nitrogen and oxygen atoms in total. The van der Waals surface area contributed by atoms with Gasteiger partial charge in [0.05, 0.1) is 22.8 Å². The first kappa shape index (κ1) is 19.2. The fourth-order valence-corrected chi connectivity index (χ4v) is 5.49. The second-order valence-corrected chi connectivity index (χ2v) is 8.71. The van der Waals surface area contributed by atoms with E-state index >= 15 is 0 Å². The zero-order valence-electron chi connectivity index (χ0n) is 18.0. The van der Waals surface area contributed by atoms with Gasteiger partial charge in [0.1, 0.15) is 5.82 Å². The molecule has 2 unspecified atom stereocenters. The van der Waals surface area contributed by atoms with Crippen LogP contribution in [0.4, 0.5) is 4.39 Å². The lowest BCUT2D eigenvalue weighted by Gasteiger charge is -2.45. The summed E-state index contributed by atoms with van der Waals surface area (Å²) >= 11 is 0. The summed E-state index contributed by atoms with van der Waals surface area (Å²) in [5.74, 6) is -0.312. The van der Waals surface area contributed by atoms with Gasteiger partial charge in [0.25, 0.3) is 5.91 Å². The summed E-state index contributed by atoms with van der Waals surface area (Å²) in [4.78, 5) is 20.2. The van der Waals surface area contributed by atoms with Crippen molar-refractivity contribution in [2.45, 2.75) is 37.8 Å². The molecular formula is C24H23FN6O. The van der Waals surface area contributed by atoms with E-state index in [1.165, 1.54) is 17.7 Å². The smallest absolute Gasteiger partial charge is 0.275 e. The van der Waals surface area contributed by atoms with Crippen molar-refractivity contribution in [3.63, 3.8) is 0 Å². The van der Waals surface area contributed by atoms with Crippen LogP contribution in [0.25, 0.3) is 22.3 Å². The van der Waals surface area contributed by atoms with Crippen LogP contribution < -0.4 is 0 Å². The quantitative estimate of drug-likeness (QED) is 0.485. The van der Waals surface area contributed by atoms with Crippen molar-refractivity contribution in [1.82, 2.24) is 29.4 Å². The van der Waals surface area contributed by atoms with Gasteiger partial charge in [0.15, 0.2) is 11.3 Å². The summed E-state index contributed by atoms with van der Waals surface area (Å²) in [6, 6.07) is 10.3. The molecule has 0 N–H and O–H groups in total. The predicted molar refractivity (Wildman–Crippen MR) is 117 cm³/mol. The molecule has 3 aromatic heterocycles. The number of benzene rings is 1. The summed E-state index contributed by atoms with van der Waals surface area (Å²) in [5, 5.41) is 10.2. The average Bonchev–Trinajstić information content (AvgIpc) is 3.30. The van der Waals surface area contributed by atoms with Crippen molar-refractivity contribution in [3.8, 4) is 11.3 Å². The number of halogens is 1. The minimum atomic E-state index is -0.254. The van der Waals surface area contributed by atoms with Crippen LogP contribution in [-0.2, 0) is 20.5 Å². The SMILES string of the molecule is Cn1nc2c(c1-c1ccc(F)cc1)CC1CCCC2N1C(=O)c1nn(C)c2ncccc12. The summed E-state index contributed by atoms with van der Waals surface area (Å²) in [5.41, 5.74) is 5.24. The summed E-state index contributed by atoms with van der Waals surface area (Å²) in [6.07, 6.45) is 5.33. The van der Waals surface area contributed by atoms with Crippen LogP contribution in [0.2, 0.25) is 0 Å². The molecule has 6 rings (SSSR count). The molecule has 0 radical (unpaired) electrons. The average molecular weight is 430 g/mol. The van der Waals surface area contributed by atoms with Gasteiger partial charge < -0.3 is 4.90 Å². The zero-order valence-corrected chi connectivity index (χ0v) is 18.0. The lowest BCUT2D eigenvalue weighted by molar-refractivity contribution is 0.0387. The molecule has 2 aliphatic heterocycles. The molecule has 2 aliphatic rings. The number of pyridine rings is 1. The third-order valence-corrected chi connectivity index (χ3v) is 6.83. The number of aryl methyl sites for hydroxylation is 2. The zero-order chi connectivity index (χ0) is 22.0. The maximum Gasteiger partial charge on any atom is 0.275 e. The Hall–Kier alpha value is -3.55. The normalized spacial score (nSPS) is 19.9. The van der Waals surface area contributed by atoms with E-state index in [9.17, 15) is 9.18 Å². The van der Waals surface area contributed by atoms with E-state index < -0.39 is 0 Å². The number of fused-ring (bicyclic) bond motifs is 5. The van der Waals surface area contributed by atoms with Crippen LogP contribution in [0.1, 0.15) is 47.1 Å². The molecular weight excluding hydrogens is 407 g/mol. The van der Waals surface area contributed by atoms with Crippen molar-refractivity contribution < 1.29 is 9.18 Å². The second kappa shape index (κ2) is 6.98. The molecule has 5 heterocycles. The fraction of sp³-hybridized carbons (Fsp3) is 0.333. The molecule has 2 bridgehead atoms. The van der Waals surface area contributed by atoms with Gasteiger partial charge in [0, 0.05) is 37.5 Å². The highest BCUT2D eigenvalue weighted by Crippen LogP contribution is 2.45. The predicted octanol–water partition coefficient (Wildman–Crippen LogP) is 3.80. The van der Waals surface area contributed by atoms with Gasteiger partial charge in [-0.3, -0.25) is 9.48 Å². The summed E-state index contributed by atoms with van der Waals surface area (Å²) < 4.78 is 17.0. The Morgan fingerprint density at radius 1 is 1.06 bits per heavy atom. The monoisotopic (exact) mass is 430 g/mol. The highest BCUT2D eigenvalue weighted by Gasteiger charge is 2.44. The van der Waals surface area contributed by atoms with Gasteiger partial charge in [-0.15, -0.1) is 0 Å². The molecule has 8 heteroatoms. The van der Waals surface area contributed by atoms with Crippen LogP contribution in [0.15, 0.2) is 42.6 Å². The van der Waals surface area contributed by atoms with Gasteiger partial charge in [-0.25, -0.2) is 14.1 Å². The number of nitrogens with zero attached hydrogens (tertiary/aromatic N) is 6. The molecule has 0 saturated carbocycles. The Labute approximate surface area is 184 Å². The summed E-state index contributed by atoms with van der Waals surface area (Å²) in [7, 11) is 3.74. The minimum Gasteiger partial charge on any atom is -0.325 e. The van der Waals surface area contributed by atoms with Crippen LogP contribution in [0.5, 0.6) is 0 Å². The Bertz CT molecular complexity index is 1360. The Morgan fingerprint density at radius 2 is 1.88 bits per heavy atom. The van der Waals surface area contributed by atoms with Crippen LogP contribution in [0, 0.1) is 5.82 Å². The van der Waals surface area contributed by atoms with Gasteiger partial charge in [-0.1, -0.05) is 0 Å². The number of hydrogen-bond donors (Lipinski definition) is 0. The van der Waals surface area contributed by atoms with Crippen molar-refractivity contribution in [1.29, 1.82) is 0 Å². The van der Waals surface area contributed by atoms with Crippen molar-refractivity contribution in [2.75, 3.05) is 0 Å². The maximum atomic E-state index is 13.8. The lowest BCUT2D eigenvalue weighted by atomic mass is 9.81. The molecule has 1 saturated heterocycles. The largest absolute Gasteiger partial charge is 0.325 e. The Balaban J connectivity index is 1.45. The van der Waals surface area contributed by atoms with Gasteiger partial charge in [-0.05, 0) is 62.1 Å². The number of aromatic nitrogens is 5. The molecule has 162 valence electrons. The molecule has 32 heavy (non-hydrogen) atoms. The highest BCUT2D eigenvalue weighted by molar-refractivity contribution is 6.04. The number of piperidine rings is 1. The van der Waals surface area contributed by atoms with Crippen LogP contribution in [0.3, 0.4) is 0 Å². The topological polar surface area (TPSA) is 68.8 Å². The molecule has 1 amide bonds. The third-order valence-electron chi connectivity index (χ3n) is 6.83. The molecule has 2 atom stereocenters. The Kier molecular flexibility index (Phi) is 4.18. The molecule has 1 fully saturated rings. The summed E-state index contributed by atoms with van der Waals surface area (Å²) in [6.45, 7) is 0. The lowest BCUT2D eigenvalue weighted by Crippen LogP contribution is -2.50. The van der Waals surface area contributed by atoms with E-state index in [1.54, 1.807) is 23.0 Å². The van der Waals surface area contributed by atoms with E-state index in [1.807, 2.05) is 35.8 Å². The first-order valence-electron chi connectivity index (χ1n) is 10.9. The van der Waals surface area contributed by atoms with Crippen LogP contribution >= 0.6 is 0 Å². The molecule has 0 spiro atoms. The van der Waals surface area contributed by atoms with Crippen molar-refractivity contribution in [2.24, 2.45) is 14.1 Å². The minimum absolute atomic E-state index is 0.0575. The standard InChI is InChI=1S/C24H23FN6O/c1-29-22(14-8-10-15(25)11-9-14)18-13-16-5-3-7-19(20(18)27-29)31(16)24(32)21-17-6-4-12-26-23(17)30(2)28-21/h4,6,8-12,16,19H,3,5,7,13H2,1-2H3. The van der Waals surface area contributed by atoms with Crippen molar-refractivity contribution >= 4 is 16.9 Å². The number of carbonyl (C=O) groups excluding carboxylic acids is 1. The van der Waals surface area contributed by atoms with Gasteiger partial charge in [-0.2, -0.15) is 10.2 Å². The van der Waals surface area contributed by atoms with E-state index in [2.05, 4.69) is 10.1 Å². The second-order valence-electron chi connectivity index (χ2n) is 8.71. The molecule has 1 aromatic carbocycles. The number of carbonyl (C=O) groups is 1. The van der Waals surface area contributed by atoms with E-state index in [0.29, 0.717) is 11.3 Å². The first-order chi connectivity index (χ1) is 15.5. The fourth-order valence-electron chi connectivity index (χ4n) is 5.49. The number of hydrogen-bond acceptors (Lipinski definition) is 4. The van der Waals surface area contributed by atoms with E-state index in [4.69, 9.17) is 5.10 Å². The third kappa shape index (κ3) is 2.71.